The zero-order valence-corrected chi connectivity index (χ0v) is 9.09. The number of nitrogens with one attached hydrogen (secondary N) is 1. The third kappa shape index (κ3) is 2.80. The lowest BCUT2D eigenvalue weighted by Gasteiger charge is -1.96. The van der Waals surface area contributed by atoms with Gasteiger partial charge in [0.2, 0.25) is 11.1 Å². The van der Waals surface area contributed by atoms with Crippen LogP contribution in [0, 0.1) is 0 Å². The molecule has 0 aliphatic carbocycles. The second-order valence-corrected chi connectivity index (χ2v) is 3.95. The molecule has 2 heterocycles. The Morgan fingerprint density at radius 2 is 2.27 bits per heavy atom. The number of H-pyrrole nitrogens is 1. The third-order valence-electron chi connectivity index (χ3n) is 1.51. The molecule has 78 valence electrons. The van der Waals surface area contributed by atoms with Crippen LogP contribution in [0.5, 0.6) is 0 Å². The second-order valence-electron chi connectivity index (χ2n) is 2.62. The monoisotopic (exact) mass is 242 g/mol. The van der Waals surface area contributed by atoms with Gasteiger partial charge in [-0.2, -0.15) is 4.98 Å². The molecule has 0 spiro atoms. The summed E-state index contributed by atoms with van der Waals surface area (Å²) >= 11 is 7.03. The average Bonchev–Trinajstić information content (AvgIpc) is 2.64. The van der Waals surface area contributed by atoms with E-state index >= 15 is 0 Å². The highest BCUT2D eigenvalue weighted by molar-refractivity contribution is 7.98. The number of nitrogens with two attached hydrogens (primary N) is 1. The maximum atomic E-state index is 5.61. The maximum Gasteiger partial charge on any atom is 0.216 e. The van der Waals surface area contributed by atoms with E-state index in [1.54, 1.807) is 6.20 Å². The van der Waals surface area contributed by atoms with Crippen molar-refractivity contribution in [2.24, 2.45) is 0 Å². The molecule has 3 N–H and O–H groups in total. The molecule has 0 aliphatic rings. The summed E-state index contributed by atoms with van der Waals surface area (Å²) in [5.74, 6) is 0.932. The Morgan fingerprint density at radius 1 is 1.40 bits per heavy atom. The summed E-state index contributed by atoms with van der Waals surface area (Å²) < 4.78 is 0. The maximum absolute atomic E-state index is 5.61. The van der Waals surface area contributed by atoms with Crippen molar-refractivity contribution in [3.8, 4) is 0 Å². The number of aromatic amines is 1. The molecule has 0 bridgehead atoms. The number of aromatic nitrogens is 5. The number of thioether (sulfide) groups is 1. The standard InChI is InChI=1S/C7H7ClN6S/c8-5-2-10-4(1-11-5)3-15-7-12-6(9)13-14-7/h1-2H,3H2,(H3,9,12,13,14). The highest BCUT2D eigenvalue weighted by atomic mass is 35.5. The van der Waals surface area contributed by atoms with Crippen molar-refractivity contribution in [1.29, 1.82) is 0 Å². The van der Waals surface area contributed by atoms with Gasteiger partial charge < -0.3 is 5.73 Å². The summed E-state index contributed by atoms with van der Waals surface area (Å²) in [5.41, 5.74) is 6.19. The third-order valence-corrected chi connectivity index (χ3v) is 2.58. The Kier molecular flexibility index (Phi) is 3.02. The van der Waals surface area contributed by atoms with Gasteiger partial charge in [0.1, 0.15) is 5.15 Å². The summed E-state index contributed by atoms with van der Waals surface area (Å²) in [6, 6.07) is 0. The zero-order valence-electron chi connectivity index (χ0n) is 7.51. The summed E-state index contributed by atoms with van der Waals surface area (Å²) in [7, 11) is 0. The van der Waals surface area contributed by atoms with Crippen molar-refractivity contribution in [3.05, 3.63) is 23.2 Å². The van der Waals surface area contributed by atoms with E-state index in [2.05, 4.69) is 25.1 Å². The van der Waals surface area contributed by atoms with E-state index in [1.165, 1.54) is 18.0 Å². The Morgan fingerprint density at radius 3 is 2.87 bits per heavy atom. The lowest BCUT2D eigenvalue weighted by atomic mass is 10.5. The first-order valence-corrected chi connectivity index (χ1v) is 5.37. The molecule has 0 aromatic carbocycles. The molecule has 6 nitrogen and oxygen atoms in total. The van der Waals surface area contributed by atoms with Crippen molar-refractivity contribution in [2.75, 3.05) is 5.73 Å². The molecule has 0 unspecified atom stereocenters. The molecule has 2 rings (SSSR count). The van der Waals surface area contributed by atoms with Crippen LogP contribution in [0.3, 0.4) is 0 Å². The summed E-state index contributed by atoms with van der Waals surface area (Å²) in [5, 5.41) is 7.40. The lowest BCUT2D eigenvalue weighted by Crippen LogP contribution is -1.89. The smallest absolute Gasteiger partial charge is 0.216 e. The van der Waals surface area contributed by atoms with Gasteiger partial charge in [0.05, 0.1) is 18.1 Å². The average molecular weight is 243 g/mol. The van der Waals surface area contributed by atoms with Crippen LogP contribution < -0.4 is 5.73 Å². The fourth-order valence-electron chi connectivity index (χ4n) is 0.875. The molecular formula is C7H7ClN6S. The number of nitrogens with zero attached hydrogens (tertiary/aromatic N) is 4. The molecule has 0 saturated carbocycles. The van der Waals surface area contributed by atoms with Gasteiger partial charge in [0.15, 0.2) is 0 Å². The van der Waals surface area contributed by atoms with Gasteiger partial charge in [-0.25, -0.2) is 10.1 Å². The Labute approximate surface area is 94.7 Å². The first-order valence-electron chi connectivity index (χ1n) is 4.01. The number of hydrogen-bond acceptors (Lipinski definition) is 6. The van der Waals surface area contributed by atoms with Crippen molar-refractivity contribution in [2.45, 2.75) is 10.9 Å². The minimum Gasteiger partial charge on any atom is -0.368 e. The van der Waals surface area contributed by atoms with Gasteiger partial charge in [-0.05, 0) is 0 Å². The SMILES string of the molecule is Nc1nc(SCc2cnc(Cl)cn2)n[nH]1. The van der Waals surface area contributed by atoms with Crippen LogP contribution >= 0.6 is 23.4 Å². The van der Waals surface area contributed by atoms with E-state index in [-0.39, 0.29) is 0 Å². The molecule has 2 aromatic heterocycles. The summed E-state index contributed by atoms with van der Waals surface area (Å²) in [6.07, 6.45) is 3.12. The predicted molar refractivity (Wildman–Crippen MR) is 57.4 cm³/mol. The Hall–Kier alpha value is -1.34. The molecule has 0 fully saturated rings. The minimum absolute atomic E-state index is 0.305. The van der Waals surface area contributed by atoms with Gasteiger partial charge in [-0.3, -0.25) is 4.98 Å². The molecule has 15 heavy (non-hydrogen) atoms. The Bertz CT molecular complexity index is 441. The van der Waals surface area contributed by atoms with Crippen molar-refractivity contribution in [1.82, 2.24) is 25.1 Å². The molecule has 0 amide bonds. The molecular weight excluding hydrogens is 236 g/mol. The van der Waals surface area contributed by atoms with Gasteiger partial charge >= 0.3 is 0 Å². The minimum atomic E-state index is 0.305. The number of rotatable bonds is 3. The van der Waals surface area contributed by atoms with Crippen LogP contribution in [-0.4, -0.2) is 25.1 Å². The summed E-state index contributed by atoms with van der Waals surface area (Å²) in [6.45, 7) is 0. The van der Waals surface area contributed by atoms with Crippen LogP contribution in [0.25, 0.3) is 0 Å². The van der Waals surface area contributed by atoms with E-state index in [1.807, 2.05) is 0 Å². The highest BCUT2D eigenvalue weighted by Gasteiger charge is 2.02. The number of anilines is 1. The van der Waals surface area contributed by atoms with Crippen molar-refractivity contribution in [3.63, 3.8) is 0 Å². The first-order chi connectivity index (χ1) is 7.24. The van der Waals surface area contributed by atoms with E-state index in [0.717, 1.165) is 5.69 Å². The van der Waals surface area contributed by atoms with Crippen LogP contribution in [0.2, 0.25) is 5.15 Å². The Balaban J connectivity index is 1.96. The van der Waals surface area contributed by atoms with E-state index < -0.39 is 0 Å². The summed E-state index contributed by atoms with van der Waals surface area (Å²) in [4.78, 5) is 11.9. The topological polar surface area (TPSA) is 93.4 Å². The number of nitrogen functional groups attached to an aromatic ring is 1. The molecule has 0 atom stereocenters. The van der Waals surface area contributed by atoms with E-state index in [4.69, 9.17) is 17.3 Å². The predicted octanol–water partition coefficient (Wildman–Crippen LogP) is 1.12. The van der Waals surface area contributed by atoms with Gasteiger partial charge in [-0.1, -0.05) is 23.4 Å². The molecule has 0 aliphatic heterocycles. The van der Waals surface area contributed by atoms with Gasteiger partial charge in [0.25, 0.3) is 0 Å². The zero-order chi connectivity index (χ0) is 10.7. The van der Waals surface area contributed by atoms with Gasteiger partial charge in [-0.15, -0.1) is 5.10 Å². The highest BCUT2D eigenvalue weighted by Crippen LogP contribution is 2.17. The molecule has 8 heteroatoms. The fourth-order valence-corrected chi connectivity index (χ4v) is 1.67. The first kappa shape index (κ1) is 10.2. The molecule has 0 saturated heterocycles. The lowest BCUT2D eigenvalue weighted by molar-refractivity contribution is 0.970. The quantitative estimate of drug-likeness (QED) is 0.784. The van der Waals surface area contributed by atoms with E-state index in [9.17, 15) is 0 Å². The van der Waals surface area contributed by atoms with Crippen molar-refractivity contribution < 1.29 is 0 Å². The number of halogens is 1. The molecule has 0 radical (unpaired) electrons. The normalized spacial score (nSPS) is 10.5. The van der Waals surface area contributed by atoms with Crippen LogP contribution in [0.1, 0.15) is 5.69 Å². The fraction of sp³-hybridized carbons (Fsp3) is 0.143. The molecule has 2 aromatic rings. The van der Waals surface area contributed by atoms with Crippen LogP contribution in [-0.2, 0) is 5.75 Å². The van der Waals surface area contributed by atoms with Crippen LogP contribution in [0.4, 0.5) is 5.95 Å². The second kappa shape index (κ2) is 4.45. The van der Waals surface area contributed by atoms with Crippen LogP contribution in [0.15, 0.2) is 17.6 Å². The van der Waals surface area contributed by atoms with Crippen molar-refractivity contribution >= 4 is 29.3 Å². The van der Waals surface area contributed by atoms with E-state index in [0.29, 0.717) is 22.0 Å². The van der Waals surface area contributed by atoms with Gasteiger partial charge in [0, 0.05) is 5.75 Å². The largest absolute Gasteiger partial charge is 0.368 e. The number of hydrogen-bond donors (Lipinski definition) is 2.